The molecule has 0 spiro atoms. The molecule has 1 aromatic rings. The van der Waals surface area contributed by atoms with Crippen LogP contribution >= 0.6 is 0 Å². The van der Waals surface area contributed by atoms with E-state index in [-0.39, 0.29) is 6.61 Å². The SMILES string of the molecule is CC(=O)O[C@@H](C)C(=O)O[C@@H](C)C(=O)O[C@@H](C)C(=O)O[C@@H](C)C(=O)O[C@@H](C)C(=O)O[C@@H](C)C(=O)O[C@@H](C)C(=O)O[C@@H](C)C(=O)O[C@@H](C)C(=O)O[C@@H](C)C(=O)O[C@@H](C)C(=O)O[C@@H](C)C(=O)OCc1ccccc1. The fraction of sp³-hybridized carbons (Fsp3) is 0.578. The van der Waals surface area contributed by atoms with Gasteiger partial charge in [0, 0.05) is 6.92 Å². The molecule has 71 heavy (non-hydrogen) atoms. The van der Waals surface area contributed by atoms with E-state index in [1.54, 1.807) is 30.3 Å². The summed E-state index contributed by atoms with van der Waals surface area (Å²) in [4.78, 5) is 160. The second kappa shape index (κ2) is 29.4. The molecule has 0 aliphatic rings. The molecule has 0 saturated heterocycles. The third-order valence-corrected chi connectivity index (χ3v) is 8.77. The Morgan fingerprint density at radius 2 is 0.451 bits per heavy atom. The largest absolute Gasteiger partial charge is 0.458 e. The maximum absolute atomic E-state index is 12.6. The minimum absolute atomic E-state index is 0.0762. The number of esters is 13. The Labute approximate surface area is 406 Å². The molecule has 26 heteroatoms. The van der Waals surface area contributed by atoms with Crippen molar-refractivity contribution >= 4 is 77.6 Å². The smallest absolute Gasteiger partial charge is 0.347 e. The Morgan fingerprint density at radius 3 is 0.634 bits per heavy atom. The zero-order valence-corrected chi connectivity index (χ0v) is 41.1. The Morgan fingerprint density at radius 1 is 0.282 bits per heavy atom. The lowest BCUT2D eigenvalue weighted by Gasteiger charge is -2.21. The van der Waals surface area contributed by atoms with Crippen LogP contribution in [-0.2, 0) is 131 Å². The molecule has 26 nitrogen and oxygen atoms in total. The zero-order chi connectivity index (χ0) is 54.4. The van der Waals surface area contributed by atoms with E-state index in [9.17, 15) is 62.3 Å². The second-order valence-electron chi connectivity index (χ2n) is 15.2. The standard InChI is InChI=1S/C45H58O26/c1-20(34(47)59-19-33-17-15-14-16-18-33)61-36(49)22(3)63-38(51)24(5)65-40(53)26(7)67-42(55)28(9)69-44(57)30(11)71-45(58)31(12)70-43(56)29(10)68-41(54)27(8)66-39(52)25(6)64-37(50)23(4)62-35(48)21(2)60-32(13)46/h14-18,20-31H,19H2,1-13H3/t20-,21-,22-,23-,24-,25-,26-,27-,28-,29-,30-,31-/m0/s1. The van der Waals surface area contributed by atoms with E-state index < -0.39 is 151 Å². The van der Waals surface area contributed by atoms with Crippen molar-refractivity contribution in [1.29, 1.82) is 0 Å². The van der Waals surface area contributed by atoms with Crippen LogP contribution in [0.5, 0.6) is 0 Å². The van der Waals surface area contributed by atoms with Gasteiger partial charge in [-0.1, -0.05) is 30.3 Å². The third-order valence-electron chi connectivity index (χ3n) is 8.77. The van der Waals surface area contributed by atoms with E-state index in [1.165, 1.54) is 13.8 Å². The summed E-state index contributed by atoms with van der Waals surface area (Å²) < 4.78 is 63.9. The van der Waals surface area contributed by atoms with Crippen molar-refractivity contribution in [2.45, 2.75) is 170 Å². The minimum atomic E-state index is -1.72. The maximum Gasteiger partial charge on any atom is 0.347 e. The fourth-order valence-electron chi connectivity index (χ4n) is 4.64. The highest BCUT2D eigenvalue weighted by molar-refractivity contribution is 5.89. The predicted octanol–water partition coefficient (Wildman–Crippen LogP) is 0.930. The van der Waals surface area contributed by atoms with Crippen LogP contribution in [0.25, 0.3) is 0 Å². The van der Waals surface area contributed by atoms with Gasteiger partial charge in [-0.2, -0.15) is 0 Å². The highest BCUT2D eigenvalue weighted by Crippen LogP contribution is 2.12. The van der Waals surface area contributed by atoms with Gasteiger partial charge in [-0.3, -0.25) is 4.79 Å². The first kappa shape index (κ1) is 61.3. The number of hydrogen-bond acceptors (Lipinski definition) is 26. The quantitative estimate of drug-likeness (QED) is 0.0920. The van der Waals surface area contributed by atoms with Gasteiger partial charge in [0.2, 0.25) is 0 Å². The summed E-state index contributed by atoms with van der Waals surface area (Å²) in [6.07, 6.45) is -19.3. The van der Waals surface area contributed by atoms with Crippen molar-refractivity contribution in [3.8, 4) is 0 Å². The van der Waals surface area contributed by atoms with Gasteiger partial charge in [-0.15, -0.1) is 0 Å². The highest BCUT2D eigenvalue weighted by Gasteiger charge is 2.35. The summed E-state index contributed by atoms with van der Waals surface area (Å²) >= 11 is 0. The number of carbonyl (C=O) groups excluding carboxylic acids is 13. The van der Waals surface area contributed by atoms with E-state index in [0.717, 1.165) is 76.2 Å². The van der Waals surface area contributed by atoms with Crippen LogP contribution < -0.4 is 0 Å². The molecule has 12 atom stereocenters. The van der Waals surface area contributed by atoms with Gasteiger partial charge in [-0.25, -0.2) is 57.5 Å². The molecule has 0 unspecified atom stereocenters. The van der Waals surface area contributed by atoms with E-state index in [4.69, 9.17) is 56.8 Å². The molecule has 394 valence electrons. The number of rotatable bonds is 26. The molecule has 0 heterocycles. The first-order chi connectivity index (χ1) is 32.9. The molecular weight excluding hydrogens is 956 g/mol. The minimum Gasteiger partial charge on any atom is -0.458 e. The van der Waals surface area contributed by atoms with Gasteiger partial charge in [0.25, 0.3) is 0 Å². The lowest BCUT2D eigenvalue weighted by Crippen LogP contribution is -2.40. The third kappa shape index (κ3) is 22.1. The lowest BCUT2D eigenvalue weighted by atomic mass is 10.2. The van der Waals surface area contributed by atoms with Crippen LogP contribution in [0.3, 0.4) is 0 Å². The monoisotopic (exact) mass is 1010 g/mol. The van der Waals surface area contributed by atoms with Gasteiger partial charge in [-0.05, 0) is 88.6 Å². The van der Waals surface area contributed by atoms with Crippen molar-refractivity contribution in [3.05, 3.63) is 35.9 Å². The number of ether oxygens (including phenoxy) is 13. The average molecular weight is 1010 g/mol. The zero-order valence-electron chi connectivity index (χ0n) is 41.1. The van der Waals surface area contributed by atoms with Gasteiger partial charge in [0.1, 0.15) is 6.61 Å². The maximum atomic E-state index is 12.6. The van der Waals surface area contributed by atoms with E-state index in [0.29, 0.717) is 5.56 Å². The number of carbonyl (C=O) groups is 13. The molecule has 0 saturated carbocycles. The summed E-state index contributed by atoms with van der Waals surface area (Å²) in [7, 11) is 0. The first-order valence-corrected chi connectivity index (χ1v) is 21.6. The summed E-state index contributed by atoms with van der Waals surface area (Å²) in [6, 6.07) is 8.69. The Kier molecular flexibility index (Phi) is 25.4. The van der Waals surface area contributed by atoms with E-state index >= 15 is 0 Å². The molecular formula is C45H58O26. The molecule has 0 aromatic heterocycles. The predicted molar refractivity (Wildman–Crippen MR) is 229 cm³/mol. The van der Waals surface area contributed by atoms with Gasteiger partial charge in [0.05, 0.1) is 0 Å². The molecule has 0 radical (unpaired) electrons. The van der Waals surface area contributed by atoms with Crippen LogP contribution in [0.1, 0.15) is 95.6 Å². The molecule has 0 aliphatic heterocycles. The van der Waals surface area contributed by atoms with E-state index in [1.807, 2.05) is 0 Å². The Bertz CT molecular complexity index is 2100. The number of hydrogen-bond donors (Lipinski definition) is 0. The molecule has 0 N–H and O–H groups in total. The molecule has 0 amide bonds. The molecule has 1 aromatic carbocycles. The summed E-state index contributed by atoms with van der Waals surface area (Å²) in [5.74, 6) is -15.2. The summed E-state index contributed by atoms with van der Waals surface area (Å²) in [5, 5.41) is 0. The molecule has 0 bridgehead atoms. The normalized spacial score (nSPS) is 15.8. The Balaban J connectivity index is 2.54. The average Bonchev–Trinajstić information content (AvgIpc) is 3.29. The second-order valence-corrected chi connectivity index (χ2v) is 15.2. The molecule has 1 rings (SSSR count). The van der Waals surface area contributed by atoms with Crippen molar-refractivity contribution < 1.29 is 124 Å². The van der Waals surface area contributed by atoms with E-state index in [2.05, 4.69) is 4.74 Å². The Hall–Kier alpha value is -7.67. The summed E-state index contributed by atoms with van der Waals surface area (Å²) in [6.45, 7) is 14.1. The topological polar surface area (TPSA) is 342 Å². The first-order valence-electron chi connectivity index (χ1n) is 21.6. The summed E-state index contributed by atoms with van der Waals surface area (Å²) in [5.41, 5.74) is 0.692. The molecule has 0 fully saturated rings. The van der Waals surface area contributed by atoms with Crippen LogP contribution in [0, 0.1) is 0 Å². The lowest BCUT2D eigenvalue weighted by molar-refractivity contribution is -0.190. The van der Waals surface area contributed by atoms with Crippen molar-refractivity contribution in [2.24, 2.45) is 0 Å². The van der Waals surface area contributed by atoms with Crippen molar-refractivity contribution in [1.82, 2.24) is 0 Å². The van der Waals surface area contributed by atoms with Crippen LogP contribution in [0.15, 0.2) is 30.3 Å². The van der Waals surface area contributed by atoms with Gasteiger partial charge >= 0.3 is 77.6 Å². The van der Waals surface area contributed by atoms with Crippen LogP contribution in [0.2, 0.25) is 0 Å². The number of benzene rings is 1. The van der Waals surface area contributed by atoms with Crippen LogP contribution in [0.4, 0.5) is 0 Å². The van der Waals surface area contributed by atoms with Crippen molar-refractivity contribution in [2.75, 3.05) is 0 Å². The van der Waals surface area contributed by atoms with Gasteiger partial charge in [0.15, 0.2) is 73.2 Å². The van der Waals surface area contributed by atoms with Gasteiger partial charge < -0.3 is 61.6 Å². The van der Waals surface area contributed by atoms with Crippen molar-refractivity contribution in [3.63, 3.8) is 0 Å². The molecule has 0 aliphatic carbocycles. The van der Waals surface area contributed by atoms with Crippen LogP contribution in [-0.4, -0.2) is 151 Å². The highest BCUT2D eigenvalue weighted by atomic mass is 16.7. The fourth-order valence-corrected chi connectivity index (χ4v) is 4.64.